The van der Waals surface area contributed by atoms with E-state index in [4.69, 9.17) is 9.26 Å². The fourth-order valence-electron chi connectivity index (χ4n) is 2.76. The first-order chi connectivity index (χ1) is 11.7. The summed E-state index contributed by atoms with van der Waals surface area (Å²) in [5.41, 5.74) is 2.07. The van der Waals surface area contributed by atoms with Crippen molar-refractivity contribution in [3.8, 4) is 17.1 Å². The summed E-state index contributed by atoms with van der Waals surface area (Å²) in [6, 6.07) is 9.03. The lowest BCUT2D eigenvalue weighted by molar-refractivity contribution is 0.101. The van der Waals surface area contributed by atoms with Gasteiger partial charge in [-0.3, -0.25) is 10.1 Å². The molecule has 1 aliphatic carbocycles. The van der Waals surface area contributed by atoms with E-state index < -0.39 is 0 Å². The zero-order valence-corrected chi connectivity index (χ0v) is 13.9. The minimum absolute atomic E-state index is 0.214. The first kappa shape index (κ1) is 14.9. The number of methoxy groups -OCH3 is 1. The van der Waals surface area contributed by atoms with E-state index >= 15 is 0 Å². The molecule has 24 heavy (non-hydrogen) atoms. The van der Waals surface area contributed by atoms with Crippen molar-refractivity contribution in [2.24, 2.45) is 0 Å². The zero-order valence-electron chi connectivity index (χ0n) is 13.0. The normalized spacial score (nSPS) is 12.9. The lowest BCUT2D eigenvalue weighted by Crippen LogP contribution is -2.12. The van der Waals surface area contributed by atoms with Gasteiger partial charge in [-0.1, -0.05) is 17.3 Å². The fourth-order valence-corrected chi connectivity index (χ4v) is 3.81. The minimum atomic E-state index is -0.327. The summed E-state index contributed by atoms with van der Waals surface area (Å²) in [6.45, 7) is 0. The standard InChI is InChI=1S/C17H15N3O3S/c1-22-13-7-3-2-5-10(13)14-9-12(20-23-14)16(21)19-17-18-11-6-4-8-15(11)24-17/h2-3,5,7,9H,4,6,8H2,1H3,(H,18,19,21). The van der Waals surface area contributed by atoms with Gasteiger partial charge in [0.15, 0.2) is 16.6 Å². The molecule has 122 valence electrons. The number of nitrogens with zero attached hydrogens (tertiary/aromatic N) is 2. The molecule has 0 unspecified atom stereocenters. The highest BCUT2D eigenvalue weighted by molar-refractivity contribution is 7.15. The maximum Gasteiger partial charge on any atom is 0.279 e. The summed E-state index contributed by atoms with van der Waals surface area (Å²) in [5.74, 6) is 0.823. The monoisotopic (exact) mass is 341 g/mol. The van der Waals surface area contributed by atoms with Crippen LogP contribution in [0, 0.1) is 0 Å². The Morgan fingerprint density at radius 2 is 2.21 bits per heavy atom. The maximum absolute atomic E-state index is 12.3. The summed E-state index contributed by atoms with van der Waals surface area (Å²) < 4.78 is 10.6. The number of anilines is 1. The van der Waals surface area contributed by atoms with Gasteiger partial charge in [0.1, 0.15) is 5.75 Å². The topological polar surface area (TPSA) is 77.2 Å². The number of rotatable bonds is 4. The number of aromatic nitrogens is 2. The molecular weight excluding hydrogens is 326 g/mol. The Hall–Kier alpha value is -2.67. The van der Waals surface area contributed by atoms with Crippen molar-refractivity contribution in [2.75, 3.05) is 12.4 Å². The largest absolute Gasteiger partial charge is 0.496 e. The molecule has 0 bridgehead atoms. The van der Waals surface area contributed by atoms with E-state index in [2.05, 4.69) is 15.5 Å². The number of ether oxygens (including phenoxy) is 1. The average Bonchev–Trinajstić information content (AvgIpc) is 3.30. The van der Waals surface area contributed by atoms with Crippen LogP contribution in [-0.4, -0.2) is 23.2 Å². The molecule has 0 aliphatic heterocycles. The molecule has 6 nitrogen and oxygen atoms in total. The molecule has 1 aliphatic rings. The third-order valence-electron chi connectivity index (χ3n) is 3.93. The quantitative estimate of drug-likeness (QED) is 0.785. The van der Waals surface area contributed by atoms with E-state index in [9.17, 15) is 4.79 Å². The smallest absolute Gasteiger partial charge is 0.279 e. The number of nitrogens with one attached hydrogen (secondary N) is 1. The number of carbonyl (C=O) groups excluding carboxylic acids is 1. The number of fused-ring (bicyclic) bond motifs is 1. The Morgan fingerprint density at radius 3 is 3.04 bits per heavy atom. The second-order valence-corrected chi connectivity index (χ2v) is 6.56. The zero-order chi connectivity index (χ0) is 16.5. The molecule has 0 spiro atoms. The van der Waals surface area contributed by atoms with Crippen LogP contribution in [0.15, 0.2) is 34.9 Å². The third kappa shape index (κ3) is 2.67. The number of thiazole rings is 1. The second-order valence-electron chi connectivity index (χ2n) is 5.47. The second kappa shape index (κ2) is 6.09. The van der Waals surface area contributed by atoms with Gasteiger partial charge in [0.25, 0.3) is 5.91 Å². The molecule has 7 heteroatoms. The number of hydrogen-bond donors (Lipinski definition) is 1. The summed E-state index contributed by atoms with van der Waals surface area (Å²) in [5, 5.41) is 7.27. The van der Waals surface area contributed by atoms with Crippen LogP contribution < -0.4 is 10.1 Å². The lowest BCUT2D eigenvalue weighted by Gasteiger charge is -2.03. The molecule has 0 atom stereocenters. The number of para-hydroxylation sites is 1. The van der Waals surface area contributed by atoms with Crippen molar-refractivity contribution in [3.63, 3.8) is 0 Å². The van der Waals surface area contributed by atoms with Gasteiger partial charge in [0.2, 0.25) is 0 Å². The van der Waals surface area contributed by atoms with Gasteiger partial charge in [0, 0.05) is 10.9 Å². The van der Waals surface area contributed by atoms with Crippen LogP contribution in [-0.2, 0) is 12.8 Å². The van der Waals surface area contributed by atoms with E-state index in [1.807, 2.05) is 24.3 Å². The van der Waals surface area contributed by atoms with Gasteiger partial charge in [-0.25, -0.2) is 4.98 Å². The van der Waals surface area contributed by atoms with Crippen molar-refractivity contribution in [1.82, 2.24) is 10.1 Å². The van der Waals surface area contributed by atoms with Gasteiger partial charge in [-0.15, -0.1) is 11.3 Å². The Kier molecular flexibility index (Phi) is 3.78. The SMILES string of the molecule is COc1ccccc1-c1cc(C(=O)Nc2nc3c(s2)CCC3)no1. The molecule has 0 saturated heterocycles. The molecule has 1 N–H and O–H groups in total. The highest BCUT2D eigenvalue weighted by atomic mass is 32.1. The first-order valence-corrected chi connectivity index (χ1v) is 8.46. The Bertz CT molecular complexity index is 879. The predicted molar refractivity (Wildman–Crippen MR) is 90.6 cm³/mol. The van der Waals surface area contributed by atoms with Crippen molar-refractivity contribution >= 4 is 22.4 Å². The molecule has 3 aromatic rings. The highest BCUT2D eigenvalue weighted by Gasteiger charge is 2.20. The average molecular weight is 341 g/mol. The van der Waals surface area contributed by atoms with Crippen molar-refractivity contribution in [2.45, 2.75) is 19.3 Å². The van der Waals surface area contributed by atoms with Crippen LogP contribution in [0.1, 0.15) is 27.5 Å². The van der Waals surface area contributed by atoms with Crippen LogP contribution in [0.25, 0.3) is 11.3 Å². The molecule has 1 aromatic carbocycles. The van der Waals surface area contributed by atoms with Gasteiger partial charge in [-0.2, -0.15) is 0 Å². The van der Waals surface area contributed by atoms with E-state index in [1.165, 1.54) is 16.2 Å². The third-order valence-corrected chi connectivity index (χ3v) is 5.00. The fraction of sp³-hybridized carbons (Fsp3) is 0.235. The van der Waals surface area contributed by atoms with E-state index in [-0.39, 0.29) is 11.6 Å². The van der Waals surface area contributed by atoms with E-state index in [0.29, 0.717) is 16.6 Å². The van der Waals surface area contributed by atoms with Crippen LogP contribution in [0.3, 0.4) is 0 Å². The van der Waals surface area contributed by atoms with Crippen molar-refractivity contribution in [3.05, 3.63) is 46.6 Å². The van der Waals surface area contributed by atoms with Gasteiger partial charge in [0.05, 0.1) is 18.4 Å². The Morgan fingerprint density at radius 1 is 1.33 bits per heavy atom. The summed E-state index contributed by atoms with van der Waals surface area (Å²) >= 11 is 1.53. The molecule has 0 radical (unpaired) electrons. The summed E-state index contributed by atoms with van der Waals surface area (Å²) in [7, 11) is 1.59. The summed E-state index contributed by atoms with van der Waals surface area (Å²) in [4.78, 5) is 18.1. The molecule has 1 amide bonds. The molecule has 2 aromatic heterocycles. The van der Waals surface area contributed by atoms with Crippen LogP contribution in [0.2, 0.25) is 0 Å². The van der Waals surface area contributed by atoms with E-state index in [0.717, 1.165) is 30.5 Å². The summed E-state index contributed by atoms with van der Waals surface area (Å²) in [6.07, 6.45) is 3.18. The van der Waals surface area contributed by atoms with Crippen LogP contribution in [0.4, 0.5) is 5.13 Å². The Balaban J connectivity index is 1.54. The number of aryl methyl sites for hydroxylation is 2. The first-order valence-electron chi connectivity index (χ1n) is 7.64. The Labute approximate surface area is 142 Å². The minimum Gasteiger partial charge on any atom is -0.496 e. The molecular formula is C17H15N3O3S. The number of benzene rings is 1. The van der Waals surface area contributed by atoms with Gasteiger partial charge >= 0.3 is 0 Å². The van der Waals surface area contributed by atoms with Crippen molar-refractivity contribution < 1.29 is 14.1 Å². The van der Waals surface area contributed by atoms with Crippen molar-refractivity contribution in [1.29, 1.82) is 0 Å². The number of amides is 1. The van der Waals surface area contributed by atoms with Gasteiger partial charge < -0.3 is 9.26 Å². The number of carbonyl (C=O) groups is 1. The molecule has 2 heterocycles. The predicted octanol–water partition coefficient (Wildman–Crippen LogP) is 3.55. The maximum atomic E-state index is 12.3. The van der Waals surface area contributed by atoms with Crippen LogP contribution >= 0.6 is 11.3 Å². The highest BCUT2D eigenvalue weighted by Crippen LogP contribution is 2.32. The number of hydrogen-bond acceptors (Lipinski definition) is 6. The van der Waals surface area contributed by atoms with Crippen LogP contribution in [0.5, 0.6) is 5.75 Å². The lowest BCUT2D eigenvalue weighted by atomic mass is 10.1. The van der Waals surface area contributed by atoms with E-state index in [1.54, 1.807) is 13.2 Å². The molecule has 0 saturated carbocycles. The molecule has 0 fully saturated rings. The molecule has 4 rings (SSSR count). The van der Waals surface area contributed by atoms with Gasteiger partial charge in [-0.05, 0) is 31.4 Å².